The van der Waals surface area contributed by atoms with Gasteiger partial charge in [-0.1, -0.05) is 48.4 Å². The first-order valence-electron chi connectivity index (χ1n) is 9.00. The van der Waals surface area contributed by atoms with E-state index in [1.165, 1.54) is 12.4 Å². The first kappa shape index (κ1) is 18.1. The summed E-state index contributed by atoms with van der Waals surface area (Å²) < 4.78 is 0. The van der Waals surface area contributed by atoms with Gasteiger partial charge in [0.1, 0.15) is 5.69 Å². The molecule has 0 spiro atoms. The Labute approximate surface area is 168 Å². The highest BCUT2D eigenvalue weighted by Gasteiger charge is 2.09. The molecule has 5 nitrogen and oxygen atoms in total. The zero-order chi connectivity index (χ0) is 19.9. The molecule has 4 aromatic rings. The normalized spacial score (nSPS) is 9.93. The summed E-state index contributed by atoms with van der Waals surface area (Å²) in [6.07, 6.45) is 4.75. The molecule has 0 saturated heterocycles. The van der Waals surface area contributed by atoms with Gasteiger partial charge in [0.05, 0.1) is 5.56 Å². The number of pyridine rings is 1. The maximum Gasteiger partial charge on any atom is 0.258 e. The van der Waals surface area contributed by atoms with Gasteiger partial charge in [0.15, 0.2) is 5.82 Å². The van der Waals surface area contributed by atoms with E-state index in [4.69, 9.17) is 0 Å². The topological polar surface area (TPSA) is 67.8 Å². The zero-order valence-electron chi connectivity index (χ0n) is 15.4. The molecular weight excluding hydrogens is 360 g/mol. The standard InChI is InChI=1S/C24H16N4O/c29-24(20-16-26-23(27-17-20)19-8-2-1-3-9-19)28-22-11-6-7-18(15-22)12-13-21-10-4-5-14-25-21/h1-11,14-17H,(H,28,29). The van der Waals surface area contributed by atoms with Gasteiger partial charge in [-0.3, -0.25) is 4.79 Å². The molecule has 2 aromatic heterocycles. The average molecular weight is 376 g/mol. The fourth-order valence-corrected chi connectivity index (χ4v) is 2.63. The molecule has 0 bridgehead atoms. The van der Waals surface area contributed by atoms with Gasteiger partial charge in [-0.25, -0.2) is 15.0 Å². The summed E-state index contributed by atoms with van der Waals surface area (Å²) in [7, 11) is 0. The molecule has 0 aliphatic carbocycles. The Hall–Kier alpha value is -4.30. The largest absolute Gasteiger partial charge is 0.322 e. The lowest BCUT2D eigenvalue weighted by Gasteiger charge is -2.06. The average Bonchev–Trinajstić information content (AvgIpc) is 2.79. The Kier molecular flexibility index (Phi) is 5.36. The summed E-state index contributed by atoms with van der Waals surface area (Å²) in [5, 5.41) is 2.85. The summed E-state index contributed by atoms with van der Waals surface area (Å²) in [4.78, 5) is 25.3. The molecule has 0 atom stereocenters. The number of rotatable bonds is 3. The summed E-state index contributed by atoms with van der Waals surface area (Å²) in [6.45, 7) is 0. The van der Waals surface area contributed by atoms with Gasteiger partial charge < -0.3 is 5.32 Å². The molecule has 1 N–H and O–H groups in total. The smallest absolute Gasteiger partial charge is 0.258 e. The summed E-state index contributed by atoms with van der Waals surface area (Å²) >= 11 is 0. The first-order chi connectivity index (χ1) is 14.3. The van der Waals surface area contributed by atoms with Gasteiger partial charge in [-0.05, 0) is 36.3 Å². The van der Waals surface area contributed by atoms with Crippen LogP contribution in [0.25, 0.3) is 11.4 Å². The van der Waals surface area contributed by atoms with Crippen LogP contribution < -0.4 is 5.32 Å². The van der Waals surface area contributed by atoms with Crippen molar-refractivity contribution in [2.24, 2.45) is 0 Å². The number of amides is 1. The number of benzene rings is 2. The lowest BCUT2D eigenvalue weighted by atomic mass is 10.2. The third-order valence-corrected chi connectivity index (χ3v) is 4.07. The van der Waals surface area contributed by atoms with E-state index in [0.717, 1.165) is 11.1 Å². The van der Waals surface area contributed by atoms with E-state index in [1.807, 2.05) is 72.8 Å². The second-order valence-corrected chi connectivity index (χ2v) is 6.16. The second-order valence-electron chi connectivity index (χ2n) is 6.16. The predicted octanol–water partition coefficient (Wildman–Crippen LogP) is 4.19. The number of nitrogens with zero attached hydrogens (tertiary/aromatic N) is 3. The van der Waals surface area contributed by atoms with Crippen LogP contribution in [0.3, 0.4) is 0 Å². The zero-order valence-corrected chi connectivity index (χ0v) is 15.4. The van der Waals surface area contributed by atoms with Crippen LogP contribution in [0.2, 0.25) is 0 Å². The van der Waals surface area contributed by atoms with Crippen LogP contribution in [0, 0.1) is 11.8 Å². The molecule has 0 unspecified atom stereocenters. The Morgan fingerprint density at radius 3 is 2.34 bits per heavy atom. The Morgan fingerprint density at radius 1 is 0.793 bits per heavy atom. The van der Waals surface area contributed by atoms with Crippen molar-refractivity contribution in [1.29, 1.82) is 0 Å². The monoisotopic (exact) mass is 376 g/mol. The number of carbonyl (C=O) groups excluding carboxylic acids is 1. The Bertz CT molecular complexity index is 1180. The fraction of sp³-hybridized carbons (Fsp3) is 0. The minimum Gasteiger partial charge on any atom is -0.322 e. The summed E-state index contributed by atoms with van der Waals surface area (Å²) in [5.74, 6) is 6.35. The molecule has 0 radical (unpaired) electrons. The van der Waals surface area contributed by atoms with Crippen molar-refractivity contribution in [1.82, 2.24) is 15.0 Å². The number of aromatic nitrogens is 3. The van der Waals surface area contributed by atoms with Crippen molar-refractivity contribution >= 4 is 11.6 Å². The third-order valence-electron chi connectivity index (χ3n) is 4.07. The van der Waals surface area contributed by atoms with Gasteiger partial charge >= 0.3 is 0 Å². The van der Waals surface area contributed by atoms with Gasteiger partial charge in [-0.2, -0.15) is 0 Å². The van der Waals surface area contributed by atoms with E-state index < -0.39 is 0 Å². The number of anilines is 1. The van der Waals surface area contributed by atoms with Crippen molar-refractivity contribution in [2.45, 2.75) is 0 Å². The molecule has 0 saturated carbocycles. The maximum atomic E-state index is 12.5. The second kappa shape index (κ2) is 8.59. The van der Waals surface area contributed by atoms with Crippen LogP contribution in [0.5, 0.6) is 0 Å². The summed E-state index contributed by atoms with van der Waals surface area (Å²) in [6, 6.07) is 22.5. The molecule has 0 aliphatic rings. The fourth-order valence-electron chi connectivity index (χ4n) is 2.63. The van der Waals surface area contributed by atoms with Crippen LogP contribution in [-0.2, 0) is 0 Å². The molecule has 0 fully saturated rings. The van der Waals surface area contributed by atoms with Crippen molar-refractivity contribution in [3.05, 3.63) is 108 Å². The Morgan fingerprint density at radius 2 is 1.59 bits per heavy atom. The highest BCUT2D eigenvalue weighted by molar-refractivity contribution is 6.04. The summed E-state index contributed by atoms with van der Waals surface area (Å²) in [5.41, 5.74) is 3.41. The quantitative estimate of drug-likeness (QED) is 0.545. The highest BCUT2D eigenvalue weighted by atomic mass is 16.1. The molecule has 2 heterocycles. The van der Waals surface area contributed by atoms with Crippen LogP contribution in [0.1, 0.15) is 21.6 Å². The molecule has 5 heteroatoms. The van der Waals surface area contributed by atoms with Gasteiger partial charge in [0.25, 0.3) is 5.91 Å². The van der Waals surface area contributed by atoms with E-state index in [0.29, 0.717) is 22.8 Å². The highest BCUT2D eigenvalue weighted by Crippen LogP contribution is 2.15. The van der Waals surface area contributed by atoms with Crippen LogP contribution in [0.15, 0.2) is 91.4 Å². The van der Waals surface area contributed by atoms with Crippen LogP contribution >= 0.6 is 0 Å². The lowest BCUT2D eigenvalue weighted by molar-refractivity contribution is 0.102. The molecule has 138 valence electrons. The van der Waals surface area contributed by atoms with Gasteiger partial charge in [-0.15, -0.1) is 0 Å². The molecule has 4 rings (SSSR count). The lowest BCUT2D eigenvalue weighted by Crippen LogP contribution is -2.12. The van der Waals surface area contributed by atoms with Crippen molar-refractivity contribution < 1.29 is 4.79 Å². The van der Waals surface area contributed by atoms with E-state index in [9.17, 15) is 4.79 Å². The van der Waals surface area contributed by atoms with Crippen molar-refractivity contribution in [3.63, 3.8) is 0 Å². The predicted molar refractivity (Wildman–Crippen MR) is 112 cm³/mol. The van der Waals surface area contributed by atoms with Gasteiger partial charge in [0, 0.05) is 35.4 Å². The van der Waals surface area contributed by atoms with E-state index in [1.54, 1.807) is 6.20 Å². The van der Waals surface area contributed by atoms with E-state index >= 15 is 0 Å². The number of nitrogens with one attached hydrogen (secondary N) is 1. The Balaban J connectivity index is 1.47. The molecule has 29 heavy (non-hydrogen) atoms. The van der Waals surface area contributed by atoms with Gasteiger partial charge in [0.2, 0.25) is 0 Å². The van der Waals surface area contributed by atoms with Crippen LogP contribution in [0.4, 0.5) is 5.69 Å². The maximum absolute atomic E-state index is 12.5. The molecule has 2 aromatic carbocycles. The minimum atomic E-state index is -0.278. The third kappa shape index (κ3) is 4.71. The number of carbonyl (C=O) groups is 1. The van der Waals surface area contributed by atoms with Crippen LogP contribution in [-0.4, -0.2) is 20.9 Å². The van der Waals surface area contributed by atoms with Crippen molar-refractivity contribution in [2.75, 3.05) is 5.32 Å². The molecule has 1 amide bonds. The first-order valence-corrected chi connectivity index (χ1v) is 9.00. The van der Waals surface area contributed by atoms with E-state index in [2.05, 4.69) is 32.1 Å². The SMILES string of the molecule is O=C(Nc1cccc(C#Cc2ccccn2)c1)c1cnc(-c2ccccc2)nc1. The molecule has 0 aliphatic heterocycles. The van der Waals surface area contributed by atoms with Crippen molar-refractivity contribution in [3.8, 4) is 23.2 Å². The van der Waals surface area contributed by atoms with E-state index in [-0.39, 0.29) is 5.91 Å². The molecular formula is C24H16N4O. The minimum absolute atomic E-state index is 0.278. The number of hydrogen-bond donors (Lipinski definition) is 1. The number of hydrogen-bond acceptors (Lipinski definition) is 4.